The summed E-state index contributed by atoms with van der Waals surface area (Å²) in [5.41, 5.74) is 11.4. The van der Waals surface area contributed by atoms with E-state index >= 15 is 0 Å². The summed E-state index contributed by atoms with van der Waals surface area (Å²) in [4.78, 5) is 48.5. The average Bonchev–Trinajstić information content (AvgIpc) is 2.72. The van der Waals surface area contributed by atoms with Gasteiger partial charge in [0.2, 0.25) is 17.7 Å². The molecule has 0 aromatic rings. The third kappa shape index (κ3) is 10.0. The Morgan fingerprint density at radius 2 is 1.48 bits per heavy atom. The van der Waals surface area contributed by atoms with Gasteiger partial charge in [-0.25, -0.2) is 4.79 Å². The maximum Gasteiger partial charge on any atom is 0.328 e. The molecule has 0 aliphatic rings. The molecule has 0 saturated carbocycles. The number of nitrogens with one attached hydrogen (secondary N) is 3. The molecule has 0 rings (SSSR count). The van der Waals surface area contributed by atoms with Gasteiger partial charge in [-0.2, -0.15) is 0 Å². The first-order valence-electron chi connectivity index (χ1n) is 10.4. The van der Waals surface area contributed by atoms with Gasteiger partial charge in [0, 0.05) is 0 Å². The van der Waals surface area contributed by atoms with Crippen molar-refractivity contribution in [2.24, 2.45) is 17.4 Å². The molecule has 10 N–H and O–H groups in total. The molecule has 6 atom stereocenters. The monoisotopic (exact) mass is 447 g/mol. The molecular weight excluding hydrogens is 410 g/mol. The third-order valence-corrected chi connectivity index (χ3v) is 5.00. The number of hydrogen-bond acceptors (Lipinski definition) is 8. The minimum atomic E-state index is -1.62. The Bertz CT molecular complexity index is 602. The highest BCUT2D eigenvalue weighted by atomic mass is 16.4. The van der Waals surface area contributed by atoms with Gasteiger partial charge in [-0.05, 0) is 38.6 Å². The van der Waals surface area contributed by atoms with Crippen LogP contribution >= 0.6 is 0 Å². The summed E-state index contributed by atoms with van der Waals surface area (Å²) in [6.45, 7) is 4.44. The van der Waals surface area contributed by atoms with Crippen molar-refractivity contribution in [3.8, 4) is 0 Å². The second kappa shape index (κ2) is 14.7. The Hall–Kier alpha value is -2.28. The second-order valence-electron chi connectivity index (χ2n) is 7.57. The number of carboxylic acids is 1. The van der Waals surface area contributed by atoms with Crippen LogP contribution in [-0.4, -0.2) is 82.4 Å². The Kier molecular flexibility index (Phi) is 13.6. The third-order valence-electron chi connectivity index (χ3n) is 5.00. The van der Waals surface area contributed by atoms with Crippen molar-refractivity contribution in [3.63, 3.8) is 0 Å². The van der Waals surface area contributed by atoms with Crippen LogP contribution in [0.2, 0.25) is 0 Å². The molecule has 0 aromatic heterocycles. The smallest absolute Gasteiger partial charge is 0.328 e. The number of carboxylic acid groups (broad SMARTS) is 1. The van der Waals surface area contributed by atoms with Crippen molar-refractivity contribution in [1.29, 1.82) is 0 Å². The lowest BCUT2D eigenvalue weighted by Crippen LogP contribution is -2.59. The van der Waals surface area contributed by atoms with Crippen molar-refractivity contribution in [1.82, 2.24) is 16.0 Å². The number of aliphatic hydroxyl groups excluding tert-OH is 2. The zero-order chi connectivity index (χ0) is 24.1. The lowest BCUT2D eigenvalue weighted by atomic mass is 9.98. The molecule has 0 spiro atoms. The van der Waals surface area contributed by atoms with Crippen molar-refractivity contribution in [2.75, 3.05) is 13.2 Å². The van der Waals surface area contributed by atoms with Crippen LogP contribution in [0.1, 0.15) is 46.5 Å². The molecule has 0 bridgehead atoms. The van der Waals surface area contributed by atoms with E-state index in [1.807, 2.05) is 6.92 Å². The van der Waals surface area contributed by atoms with Crippen molar-refractivity contribution < 1.29 is 34.5 Å². The highest BCUT2D eigenvalue weighted by Gasteiger charge is 2.31. The second-order valence-corrected chi connectivity index (χ2v) is 7.57. The van der Waals surface area contributed by atoms with Gasteiger partial charge in [0.1, 0.15) is 12.1 Å². The molecule has 0 saturated heterocycles. The van der Waals surface area contributed by atoms with Gasteiger partial charge in [0.25, 0.3) is 0 Å². The van der Waals surface area contributed by atoms with E-state index in [9.17, 15) is 29.4 Å². The zero-order valence-electron chi connectivity index (χ0n) is 18.3. The van der Waals surface area contributed by atoms with E-state index in [1.165, 1.54) is 6.92 Å². The van der Waals surface area contributed by atoms with E-state index in [4.69, 9.17) is 16.6 Å². The fourth-order valence-corrected chi connectivity index (χ4v) is 2.65. The molecule has 12 heteroatoms. The summed E-state index contributed by atoms with van der Waals surface area (Å²) in [7, 11) is 0. The molecule has 0 aliphatic heterocycles. The quantitative estimate of drug-likeness (QED) is 0.123. The molecule has 0 heterocycles. The maximum atomic E-state index is 12.7. The molecule has 180 valence electrons. The number of unbranched alkanes of at least 4 members (excludes halogenated alkanes) is 1. The Morgan fingerprint density at radius 3 is 1.94 bits per heavy atom. The lowest BCUT2D eigenvalue weighted by molar-refractivity contribution is -0.145. The Morgan fingerprint density at radius 1 is 0.935 bits per heavy atom. The highest BCUT2D eigenvalue weighted by Crippen LogP contribution is 2.08. The lowest BCUT2D eigenvalue weighted by Gasteiger charge is -2.25. The first kappa shape index (κ1) is 28.7. The summed E-state index contributed by atoms with van der Waals surface area (Å²) in [5, 5.41) is 35.0. The predicted octanol–water partition coefficient (Wildman–Crippen LogP) is -2.60. The summed E-state index contributed by atoms with van der Waals surface area (Å²) >= 11 is 0. The SMILES string of the molecule is CCC(C)C(N)C(=O)NC(CCCCN)C(=O)NC(CO)C(=O)NC(C(=O)O)C(C)O. The Labute approximate surface area is 182 Å². The highest BCUT2D eigenvalue weighted by molar-refractivity contribution is 5.94. The molecule has 12 nitrogen and oxygen atoms in total. The number of aliphatic carboxylic acids is 1. The first-order chi connectivity index (χ1) is 14.5. The van der Waals surface area contributed by atoms with Crippen LogP contribution in [0.3, 0.4) is 0 Å². The van der Waals surface area contributed by atoms with E-state index in [0.29, 0.717) is 25.8 Å². The van der Waals surface area contributed by atoms with Crippen LogP contribution in [0.25, 0.3) is 0 Å². The van der Waals surface area contributed by atoms with Gasteiger partial charge in [0.05, 0.1) is 18.8 Å². The normalized spacial score (nSPS) is 16.9. The molecule has 0 fully saturated rings. The summed E-state index contributed by atoms with van der Waals surface area (Å²) < 4.78 is 0. The van der Waals surface area contributed by atoms with Gasteiger partial charge >= 0.3 is 5.97 Å². The van der Waals surface area contributed by atoms with Crippen LogP contribution in [0, 0.1) is 5.92 Å². The average molecular weight is 448 g/mol. The minimum Gasteiger partial charge on any atom is -0.480 e. The molecule has 6 unspecified atom stereocenters. The molecule has 0 aliphatic carbocycles. The topological polar surface area (TPSA) is 217 Å². The fourth-order valence-electron chi connectivity index (χ4n) is 2.65. The van der Waals surface area contributed by atoms with Crippen LogP contribution in [-0.2, 0) is 19.2 Å². The number of carbonyl (C=O) groups is 4. The standard InChI is InChI=1S/C19H37N5O7/c1-4-10(2)14(21)18(29)22-12(7-5-6-8-20)16(27)23-13(9-25)17(28)24-15(11(3)26)19(30)31/h10-15,25-26H,4-9,20-21H2,1-3H3,(H,22,29)(H,23,27)(H,24,28)(H,30,31). The zero-order valence-corrected chi connectivity index (χ0v) is 18.3. The van der Waals surface area contributed by atoms with E-state index in [0.717, 1.165) is 0 Å². The van der Waals surface area contributed by atoms with Gasteiger partial charge in [-0.3, -0.25) is 14.4 Å². The van der Waals surface area contributed by atoms with E-state index in [2.05, 4.69) is 16.0 Å². The van der Waals surface area contributed by atoms with Crippen LogP contribution in [0.15, 0.2) is 0 Å². The molecule has 3 amide bonds. The number of nitrogens with two attached hydrogens (primary N) is 2. The van der Waals surface area contributed by atoms with E-state index < -0.39 is 60.6 Å². The summed E-state index contributed by atoms with van der Waals surface area (Å²) in [6, 6.07) is -4.95. The molecule has 0 radical (unpaired) electrons. The van der Waals surface area contributed by atoms with Gasteiger partial charge in [-0.1, -0.05) is 20.3 Å². The van der Waals surface area contributed by atoms with Gasteiger partial charge in [-0.15, -0.1) is 0 Å². The van der Waals surface area contributed by atoms with Crippen molar-refractivity contribution >= 4 is 23.7 Å². The van der Waals surface area contributed by atoms with Crippen LogP contribution in [0.5, 0.6) is 0 Å². The van der Waals surface area contributed by atoms with Gasteiger partial charge in [0.15, 0.2) is 6.04 Å². The molecule has 0 aromatic carbocycles. The summed E-state index contributed by atoms with van der Waals surface area (Å²) in [5.74, 6) is -3.84. The number of aliphatic hydroxyl groups is 2. The maximum absolute atomic E-state index is 12.7. The fraction of sp³-hybridized carbons (Fsp3) is 0.789. The van der Waals surface area contributed by atoms with Gasteiger partial charge < -0.3 is 42.7 Å². The largest absolute Gasteiger partial charge is 0.480 e. The predicted molar refractivity (Wildman–Crippen MR) is 113 cm³/mol. The number of amides is 3. The van der Waals surface area contributed by atoms with Crippen LogP contribution in [0.4, 0.5) is 0 Å². The summed E-state index contributed by atoms with van der Waals surface area (Å²) in [6.07, 6.45) is 0.622. The van der Waals surface area contributed by atoms with Crippen molar-refractivity contribution in [3.05, 3.63) is 0 Å². The first-order valence-corrected chi connectivity index (χ1v) is 10.4. The van der Waals surface area contributed by atoms with E-state index in [1.54, 1.807) is 6.92 Å². The number of carbonyl (C=O) groups excluding carboxylic acids is 3. The molecule has 31 heavy (non-hydrogen) atoms. The number of rotatable bonds is 15. The minimum absolute atomic E-state index is 0.114. The van der Waals surface area contributed by atoms with E-state index in [-0.39, 0.29) is 12.3 Å². The Balaban J connectivity index is 5.27. The van der Waals surface area contributed by atoms with Crippen molar-refractivity contribution in [2.45, 2.75) is 76.7 Å². The molecular formula is C19H37N5O7. The number of hydrogen-bond donors (Lipinski definition) is 8. The van der Waals surface area contributed by atoms with Crippen LogP contribution < -0.4 is 27.4 Å².